The quantitative estimate of drug-likeness (QED) is 0.933. The van der Waals surface area contributed by atoms with Gasteiger partial charge >= 0.3 is 0 Å². The number of nitrogens with zero attached hydrogens (tertiary/aromatic N) is 1. The van der Waals surface area contributed by atoms with Crippen LogP contribution in [0.15, 0.2) is 42.5 Å². The molecule has 3 rings (SSSR count). The second-order valence-electron chi connectivity index (χ2n) is 5.59. The van der Waals surface area contributed by atoms with Crippen LogP contribution in [-0.4, -0.2) is 20.7 Å². The predicted octanol–water partition coefficient (Wildman–Crippen LogP) is 2.98. The van der Waals surface area contributed by atoms with Crippen molar-refractivity contribution in [3.63, 3.8) is 0 Å². The smallest absolute Gasteiger partial charge is 0.120 e. The van der Waals surface area contributed by atoms with E-state index in [2.05, 4.69) is 47.6 Å². The first-order valence-electron chi connectivity index (χ1n) is 7.43. The second-order valence-corrected chi connectivity index (χ2v) is 5.59. The number of fused-ring (bicyclic) bond motifs is 1. The van der Waals surface area contributed by atoms with Gasteiger partial charge in [0.25, 0.3) is 0 Å². The average Bonchev–Trinajstić information content (AvgIpc) is 2.54. The molecular weight excluding hydrogens is 260 g/mol. The molecule has 3 nitrogen and oxygen atoms in total. The molecule has 1 aliphatic rings. The molecular formula is C18H22N2O. The number of anilines is 1. The van der Waals surface area contributed by atoms with Crippen molar-refractivity contribution in [2.24, 2.45) is 0 Å². The molecule has 0 saturated heterocycles. The van der Waals surface area contributed by atoms with Crippen molar-refractivity contribution in [3.8, 4) is 5.75 Å². The van der Waals surface area contributed by atoms with Crippen LogP contribution in [0, 0.1) is 0 Å². The molecule has 2 aromatic rings. The fourth-order valence-electron chi connectivity index (χ4n) is 2.85. The summed E-state index contributed by atoms with van der Waals surface area (Å²) >= 11 is 0. The topological polar surface area (TPSA) is 24.5 Å². The fourth-order valence-corrected chi connectivity index (χ4v) is 2.85. The Kier molecular flexibility index (Phi) is 4.11. The summed E-state index contributed by atoms with van der Waals surface area (Å²) in [5.41, 5.74) is 5.45. The first kappa shape index (κ1) is 14.0. The predicted molar refractivity (Wildman–Crippen MR) is 87.0 cm³/mol. The zero-order chi connectivity index (χ0) is 14.7. The highest BCUT2D eigenvalue weighted by Crippen LogP contribution is 2.22. The fraction of sp³-hybridized carbons (Fsp3) is 0.333. The molecule has 0 spiro atoms. The van der Waals surface area contributed by atoms with E-state index in [1.165, 1.54) is 22.4 Å². The van der Waals surface area contributed by atoms with Crippen LogP contribution in [0.4, 0.5) is 5.69 Å². The Morgan fingerprint density at radius 3 is 2.90 bits per heavy atom. The van der Waals surface area contributed by atoms with Gasteiger partial charge in [-0.3, -0.25) is 0 Å². The van der Waals surface area contributed by atoms with Crippen molar-refractivity contribution in [1.29, 1.82) is 0 Å². The van der Waals surface area contributed by atoms with Crippen LogP contribution in [0.3, 0.4) is 0 Å². The van der Waals surface area contributed by atoms with Crippen molar-refractivity contribution in [2.75, 3.05) is 25.6 Å². The van der Waals surface area contributed by atoms with E-state index in [1.54, 1.807) is 7.11 Å². The van der Waals surface area contributed by atoms with Crippen LogP contribution in [0.5, 0.6) is 5.75 Å². The number of hydrogen-bond donors (Lipinski definition) is 1. The van der Waals surface area contributed by atoms with Crippen LogP contribution >= 0.6 is 0 Å². The van der Waals surface area contributed by atoms with Gasteiger partial charge in [-0.1, -0.05) is 24.3 Å². The maximum atomic E-state index is 5.29. The van der Waals surface area contributed by atoms with Gasteiger partial charge in [-0.05, 0) is 41.8 Å². The average molecular weight is 282 g/mol. The third kappa shape index (κ3) is 3.19. The molecule has 1 heterocycles. The molecule has 2 aromatic carbocycles. The maximum absolute atomic E-state index is 5.29. The van der Waals surface area contributed by atoms with E-state index in [0.717, 1.165) is 31.8 Å². The van der Waals surface area contributed by atoms with E-state index >= 15 is 0 Å². The minimum Gasteiger partial charge on any atom is -0.497 e. The normalized spacial score (nSPS) is 13.6. The molecule has 1 aliphatic heterocycles. The lowest BCUT2D eigenvalue weighted by Crippen LogP contribution is -2.24. The maximum Gasteiger partial charge on any atom is 0.120 e. The van der Waals surface area contributed by atoms with Crippen LogP contribution in [0.2, 0.25) is 0 Å². The Labute approximate surface area is 126 Å². The van der Waals surface area contributed by atoms with Crippen LogP contribution in [0.25, 0.3) is 0 Å². The van der Waals surface area contributed by atoms with E-state index in [-0.39, 0.29) is 0 Å². The number of nitrogens with one attached hydrogen (secondary N) is 1. The minimum absolute atomic E-state index is 0.897. The summed E-state index contributed by atoms with van der Waals surface area (Å²) in [5, 5.41) is 3.44. The van der Waals surface area contributed by atoms with Crippen molar-refractivity contribution in [3.05, 3.63) is 59.2 Å². The highest BCUT2D eigenvalue weighted by molar-refractivity contribution is 5.50. The monoisotopic (exact) mass is 282 g/mol. The molecule has 110 valence electrons. The second kappa shape index (κ2) is 6.19. The van der Waals surface area contributed by atoms with E-state index < -0.39 is 0 Å². The van der Waals surface area contributed by atoms with Crippen molar-refractivity contribution in [2.45, 2.75) is 19.5 Å². The van der Waals surface area contributed by atoms with Gasteiger partial charge in [-0.25, -0.2) is 0 Å². The van der Waals surface area contributed by atoms with E-state index in [0.29, 0.717) is 0 Å². The molecule has 0 saturated carbocycles. The van der Waals surface area contributed by atoms with Gasteiger partial charge < -0.3 is 15.0 Å². The molecule has 0 unspecified atom stereocenters. The van der Waals surface area contributed by atoms with Crippen molar-refractivity contribution < 1.29 is 4.74 Å². The van der Waals surface area contributed by atoms with E-state index in [1.807, 2.05) is 12.1 Å². The molecule has 0 aliphatic carbocycles. The standard InChI is InChI=1S/C18H22N2O/c1-20(17-4-3-5-18(11-17)21-2)13-14-6-7-15-8-9-19-12-16(15)10-14/h3-7,10-11,19H,8-9,12-13H2,1-2H3. The van der Waals surface area contributed by atoms with E-state index in [4.69, 9.17) is 4.74 Å². The number of methoxy groups -OCH3 is 1. The lowest BCUT2D eigenvalue weighted by molar-refractivity contribution is 0.415. The molecule has 0 bridgehead atoms. The zero-order valence-electron chi connectivity index (χ0n) is 12.7. The Balaban J connectivity index is 1.76. The third-order valence-corrected chi connectivity index (χ3v) is 4.07. The highest BCUT2D eigenvalue weighted by Gasteiger charge is 2.10. The third-order valence-electron chi connectivity index (χ3n) is 4.07. The van der Waals surface area contributed by atoms with Gasteiger partial charge in [0.1, 0.15) is 5.75 Å². The Bertz CT molecular complexity index is 624. The molecule has 0 aromatic heterocycles. The van der Waals surface area contributed by atoms with Crippen molar-refractivity contribution >= 4 is 5.69 Å². The van der Waals surface area contributed by atoms with Gasteiger partial charge in [0.2, 0.25) is 0 Å². The van der Waals surface area contributed by atoms with Gasteiger partial charge in [0, 0.05) is 31.9 Å². The Hall–Kier alpha value is -2.00. The minimum atomic E-state index is 0.897. The molecule has 0 atom stereocenters. The van der Waals surface area contributed by atoms with Gasteiger partial charge in [-0.15, -0.1) is 0 Å². The summed E-state index contributed by atoms with van der Waals surface area (Å²) in [6.07, 6.45) is 1.14. The number of benzene rings is 2. The van der Waals surface area contributed by atoms with Crippen LogP contribution < -0.4 is 15.0 Å². The molecule has 3 heteroatoms. The van der Waals surface area contributed by atoms with Gasteiger partial charge in [0.15, 0.2) is 0 Å². The lowest BCUT2D eigenvalue weighted by Gasteiger charge is -2.22. The van der Waals surface area contributed by atoms with Gasteiger partial charge in [0.05, 0.1) is 7.11 Å². The zero-order valence-corrected chi connectivity index (χ0v) is 12.7. The molecule has 1 N–H and O–H groups in total. The first-order valence-corrected chi connectivity index (χ1v) is 7.43. The van der Waals surface area contributed by atoms with Crippen LogP contribution in [0.1, 0.15) is 16.7 Å². The summed E-state index contributed by atoms with van der Waals surface area (Å²) in [4.78, 5) is 2.25. The number of ether oxygens (including phenoxy) is 1. The first-order chi connectivity index (χ1) is 10.3. The Morgan fingerprint density at radius 1 is 1.14 bits per heavy atom. The summed E-state index contributed by atoms with van der Waals surface area (Å²) in [5.74, 6) is 0.897. The molecule has 21 heavy (non-hydrogen) atoms. The SMILES string of the molecule is COc1cccc(N(C)Cc2ccc3c(c2)CNCC3)c1. The Morgan fingerprint density at radius 2 is 2.05 bits per heavy atom. The summed E-state index contributed by atoms with van der Waals surface area (Å²) < 4.78 is 5.29. The molecule has 0 amide bonds. The summed E-state index contributed by atoms with van der Waals surface area (Å²) in [7, 11) is 3.82. The number of rotatable bonds is 4. The summed E-state index contributed by atoms with van der Waals surface area (Å²) in [6, 6.07) is 15.1. The summed E-state index contributed by atoms with van der Waals surface area (Å²) in [6.45, 7) is 2.99. The van der Waals surface area contributed by atoms with Crippen molar-refractivity contribution in [1.82, 2.24) is 5.32 Å². The lowest BCUT2D eigenvalue weighted by atomic mass is 9.98. The largest absolute Gasteiger partial charge is 0.497 e. The number of hydrogen-bond acceptors (Lipinski definition) is 3. The van der Waals surface area contributed by atoms with Gasteiger partial charge in [-0.2, -0.15) is 0 Å². The van der Waals surface area contributed by atoms with Crippen LogP contribution in [-0.2, 0) is 19.5 Å². The molecule has 0 radical (unpaired) electrons. The highest BCUT2D eigenvalue weighted by atomic mass is 16.5. The van der Waals surface area contributed by atoms with E-state index in [9.17, 15) is 0 Å². The molecule has 0 fully saturated rings.